The third-order valence-electron chi connectivity index (χ3n) is 3.84. The molecule has 0 radical (unpaired) electrons. The number of methoxy groups -OCH3 is 1. The third kappa shape index (κ3) is 4.11. The zero-order valence-corrected chi connectivity index (χ0v) is 15.5. The summed E-state index contributed by atoms with van der Waals surface area (Å²) in [5, 5.41) is 0. The number of aliphatic imine (C=N–C) groups is 1. The van der Waals surface area contributed by atoms with E-state index in [0.717, 1.165) is 5.56 Å². The van der Waals surface area contributed by atoms with E-state index in [4.69, 9.17) is 18.9 Å². The lowest BCUT2D eigenvalue weighted by atomic mass is 10.1. The van der Waals surface area contributed by atoms with Gasteiger partial charge in [0.05, 0.1) is 20.3 Å². The summed E-state index contributed by atoms with van der Waals surface area (Å²) in [6.45, 7) is 4.82. The lowest BCUT2D eigenvalue weighted by Gasteiger charge is -2.11. The van der Waals surface area contributed by atoms with Crippen LogP contribution in [-0.2, 0) is 9.53 Å². The first kappa shape index (κ1) is 18.5. The van der Waals surface area contributed by atoms with Crippen molar-refractivity contribution in [1.82, 2.24) is 0 Å². The number of ether oxygens (including phenoxy) is 4. The maximum Gasteiger partial charge on any atom is 0.363 e. The van der Waals surface area contributed by atoms with Gasteiger partial charge in [-0.2, -0.15) is 0 Å². The van der Waals surface area contributed by atoms with E-state index < -0.39 is 5.97 Å². The Labute approximate surface area is 158 Å². The molecule has 0 saturated carbocycles. The topological polar surface area (TPSA) is 66.4 Å². The molecule has 0 fully saturated rings. The third-order valence-corrected chi connectivity index (χ3v) is 3.84. The van der Waals surface area contributed by atoms with E-state index in [1.165, 1.54) is 0 Å². The number of nitrogens with zero attached hydrogens (tertiary/aromatic N) is 1. The van der Waals surface area contributed by atoms with Crippen LogP contribution >= 0.6 is 0 Å². The monoisotopic (exact) mass is 367 g/mol. The second-order valence-corrected chi connectivity index (χ2v) is 5.61. The molecule has 140 valence electrons. The minimum absolute atomic E-state index is 0.210. The van der Waals surface area contributed by atoms with Crippen LogP contribution < -0.4 is 14.2 Å². The average molecular weight is 367 g/mol. The minimum Gasteiger partial charge on any atom is -0.496 e. The number of carbonyl (C=O) groups is 1. The number of carbonyl (C=O) groups excluding carboxylic acids is 1. The lowest BCUT2D eigenvalue weighted by Crippen LogP contribution is -2.06. The summed E-state index contributed by atoms with van der Waals surface area (Å²) >= 11 is 0. The van der Waals surface area contributed by atoms with E-state index in [-0.39, 0.29) is 11.6 Å². The van der Waals surface area contributed by atoms with Crippen LogP contribution in [-0.4, -0.2) is 32.2 Å². The molecular weight excluding hydrogens is 346 g/mol. The number of hydrogen-bond acceptors (Lipinski definition) is 6. The van der Waals surface area contributed by atoms with Gasteiger partial charge in [-0.1, -0.05) is 18.2 Å². The van der Waals surface area contributed by atoms with Crippen molar-refractivity contribution in [2.24, 2.45) is 4.99 Å². The second-order valence-electron chi connectivity index (χ2n) is 5.61. The van der Waals surface area contributed by atoms with Gasteiger partial charge >= 0.3 is 5.97 Å². The highest BCUT2D eigenvalue weighted by molar-refractivity contribution is 6.13. The molecule has 0 amide bonds. The molecule has 1 aliphatic rings. The molecule has 0 N–H and O–H groups in total. The van der Waals surface area contributed by atoms with Crippen LogP contribution in [0.5, 0.6) is 17.2 Å². The molecule has 1 aliphatic heterocycles. The Hall–Kier alpha value is -3.28. The Morgan fingerprint density at radius 1 is 1.00 bits per heavy atom. The normalized spacial score (nSPS) is 14.7. The average Bonchev–Trinajstić information content (AvgIpc) is 3.04. The van der Waals surface area contributed by atoms with E-state index in [2.05, 4.69) is 4.99 Å². The van der Waals surface area contributed by atoms with Gasteiger partial charge in [-0.25, -0.2) is 9.79 Å². The van der Waals surface area contributed by atoms with Crippen molar-refractivity contribution >= 4 is 17.9 Å². The van der Waals surface area contributed by atoms with E-state index in [1.54, 1.807) is 31.4 Å². The first-order valence-electron chi connectivity index (χ1n) is 8.71. The molecule has 0 aliphatic carbocycles. The molecule has 0 aromatic heterocycles. The number of hydrogen-bond donors (Lipinski definition) is 0. The highest BCUT2D eigenvalue weighted by Crippen LogP contribution is 2.31. The van der Waals surface area contributed by atoms with Crippen molar-refractivity contribution in [2.75, 3.05) is 20.3 Å². The summed E-state index contributed by atoms with van der Waals surface area (Å²) in [4.78, 5) is 16.6. The van der Waals surface area contributed by atoms with Crippen LogP contribution in [0.25, 0.3) is 6.08 Å². The SMILES string of the molecule is CCOc1ccc(C2=N/C(=C/c3ccccc3OC)C(=O)O2)cc1OCC. The molecule has 6 nitrogen and oxygen atoms in total. The van der Waals surface area contributed by atoms with Crippen molar-refractivity contribution in [3.63, 3.8) is 0 Å². The smallest absolute Gasteiger partial charge is 0.363 e. The standard InChI is InChI=1S/C21H21NO5/c1-4-25-18-11-10-15(13-19(18)26-5-2)20-22-16(21(23)27-20)12-14-8-6-7-9-17(14)24-3/h6-13H,4-5H2,1-3H3/b16-12+. The van der Waals surface area contributed by atoms with Crippen LogP contribution in [0, 0.1) is 0 Å². The Bertz CT molecular complexity index is 901. The van der Waals surface area contributed by atoms with E-state index in [1.807, 2.05) is 38.1 Å². The molecule has 2 aromatic rings. The van der Waals surface area contributed by atoms with Crippen molar-refractivity contribution < 1.29 is 23.7 Å². The Morgan fingerprint density at radius 3 is 2.48 bits per heavy atom. The summed E-state index contributed by atoms with van der Waals surface area (Å²) in [7, 11) is 1.58. The molecule has 3 rings (SSSR count). The quantitative estimate of drug-likeness (QED) is 0.549. The summed E-state index contributed by atoms with van der Waals surface area (Å²) in [6.07, 6.45) is 1.65. The molecule has 0 bridgehead atoms. The van der Waals surface area contributed by atoms with Crippen molar-refractivity contribution in [2.45, 2.75) is 13.8 Å². The molecule has 0 saturated heterocycles. The summed E-state index contributed by atoms with van der Waals surface area (Å²) in [5.41, 5.74) is 1.60. The van der Waals surface area contributed by atoms with Crippen LogP contribution in [0.1, 0.15) is 25.0 Å². The summed E-state index contributed by atoms with van der Waals surface area (Å²) in [6, 6.07) is 12.7. The number of para-hydroxylation sites is 1. The van der Waals surface area contributed by atoms with Gasteiger partial charge in [-0.05, 0) is 44.2 Å². The predicted molar refractivity (Wildman–Crippen MR) is 102 cm³/mol. The molecule has 6 heteroatoms. The number of rotatable bonds is 7. The molecular formula is C21H21NO5. The maximum atomic E-state index is 12.2. The van der Waals surface area contributed by atoms with Crippen LogP contribution in [0.2, 0.25) is 0 Å². The number of benzene rings is 2. The molecule has 1 heterocycles. The van der Waals surface area contributed by atoms with Gasteiger partial charge in [-0.15, -0.1) is 0 Å². The first-order chi connectivity index (χ1) is 13.2. The molecule has 0 spiro atoms. The summed E-state index contributed by atoms with van der Waals surface area (Å²) in [5.74, 6) is 1.59. The van der Waals surface area contributed by atoms with E-state index >= 15 is 0 Å². The van der Waals surface area contributed by atoms with Crippen LogP contribution in [0.3, 0.4) is 0 Å². The molecule has 2 aromatic carbocycles. The van der Waals surface area contributed by atoms with Gasteiger partial charge in [0.25, 0.3) is 0 Å². The fraction of sp³-hybridized carbons (Fsp3) is 0.238. The Kier molecular flexibility index (Phi) is 5.76. The molecule has 0 unspecified atom stereocenters. The van der Waals surface area contributed by atoms with Crippen molar-refractivity contribution in [3.05, 3.63) is 59.3 Å². The van der Waals surface area contributed by atoms with Gasteiger partial charge in [0, 0.05) is 11.1 Å². The second kappa shape index (κ2) is 8.40. The predicted octanol–water partition coefficient (Wildman–Crippen LogP) is 3.84. The van der Waals surface area contributed by atoms with E-state index in [9.17, 15) is 4.79 Å². The Morgan fingerprint density at radius 2 is 1.74 bits per heavy atom. The highest BCUT2D eigenvalue weighted by Gasteiger charge is 2.25. The lowest BCUT2D eigenvalue weighted by molar-refractivity contribution is -0.129. The maximum absolute atomic E-state index is 12.2. The van der Waals surface area contributed by atoms with Crippen LogP contribution in [0.15, 0.2) is 53.2 Å². The van der Waals surface area contributed by atoms with Gasteiger partial charge in [-0.3, -0.25) is 0 Å². The largest absolute Gasteiger partial charge is 0.496 e. The fourth-order valence-corrected chi connectivity index (χ4v) is 2.65. The van der Waals surface area contributed by atoms with Gasteiger partial charge in [0.15, 0.2) is 17.2 Å². The van der Waals surface area contributed by atoms with Gasteiger partial charge in [0.2, 0.25) is 5.90 Å². The van der Waals surface area contributed by atoms with Gasteiger partial charge < -0.3 is 18.9 Å². The van der Waals surface area contributed by atoms with Crippen molar-refractivity contribution in [3.8, 4) is 17.2 Å². The van der Waals surface area contributed by atoms with Crippen LogP contribution in [0.4, 0.5) is 0 Å². The Balaban J connectivity index is 1.94. The molecule has 27 heavy (non-hydrogen) atoms. The first-order valence-corrected chi connectivity index (χ1v) is 8.71. The number of esters is 1. The highest BCUT2D eigenvalue weighted by atomic mass is 16.6. The molecule has 0 atom stereocenters. The zero-order valence-electron chi connectivity index (χ0n) is 15.5. The fourth-order valence-electron chi connectivity index (χ4n) is 2.65. The summed E-state index contributed by atoms with van der Waals surface area (Å²) < 4.78 is 21.8. The van der Waals surface area contributed by atoms with Gasteiger partial charge in [0.1, 0.15) is 5.75 Å². The zero-order chi connectivity index (χ0) is 19.2. The van der Waals surface area contributed by atoms with Crippen molar-refractivity contribution in [1.29, 1.82) is 0 Å². The minimum atomic E-state index is -0.511. The van der Waals surface area contributed by atoms with E-state index in [0.29, 0.717) is 36.0 Å². The number of cyclic esters (lactones) is 1.